The van der Waals surface area contributed by atoms with Crippen molar-refractivity contribution in [2.24, 2.45) is 11.8 Å². The van der Waals surface area contributed by atoms with E-state index in [1.165, 1.54) is 0 Å². The van der Waals surface area contributed by atoms with Crippen molar-refractivity contribution in [1.29, 1.82) is 0 Å². The first-order valence-electron chi connectivity index (χ1n) is 8.29. The van der Waals surface area contributed by atoms with Gasteiger partial charge in [0.2, 0.25) is 5.91 Å². The smallest absolute Gasteiger partial charge is 0.244 e. The zero-order chi connectivity index (χ0) is 16.8. The molecule has 1 aliphatic heterocycles. The van der Waals surface area contributed by atoms with Crippen molar-refractivity contribution < 1.29 is 15.0 Å². The van der Waals surface area contributed by atoms with E-state index < -0.39 is 0 Å². The van der Waals surface area contributed by atoms with Crippen molar-refractivity contribution in [3.63, 3.8) is 0 Å². The maximum atomic E-state index is 12.4. The van der Waals surface area contributed by atoms with Gasteiger partial charge in [0.25, 0.3) is 0 Å². The number of aliphatic hydroxyl groups excluding tert-OH is 2. The summed E-state index contributed by atoms with van der Waals surface area (Å²) >= 11 is 0. The molecule has 2 heterocycles. The van der Waals surface area contributed by atoms with Gasteiger partial charge in [-0.25, -0.2) is 0 Å². The number of rotatable bonds is 8. The SMILES string of the molecule is CCN(CCO)C[C@@H]1CN(C(=O)Cn2ccc(C)n2)C[C@@H]1CO. The second-order valence-electron chi connectivity index (χ2n) is 6.27. The fraction of sp³-hybridized carbons (Fsp3) is 0.750. The van der Waals surface area contributed by atoms with Crippen LogP contribution in [0.5, 0.6) is 0 Å². The summed E-state index contributed by atoms with van der Waals surface area (Å²) in [6.07, 6.45) is 1.81. The van der Waals surface area contributed by atoms with Crippen LogP contribution in [0.3, 0.4) is 0 Å². The molecule has 7 heteroatoms. The molecule has 1 aromatic heterocycles. The number of likely N-dealkylation sites (tertiary alicyclic amines) is 1. The highest BCUT2D eigenvalue weighted by molar-refractivity contribution is 5.76. The first-order chi connectivity index (χ1) is 11.1. The maximum Gasteiger partial charge on any atom is 0.244 e. The minimum Gasteiger partial charge on any atom is -0.396 e. The zero-order valence-electron chi connectivity index (χ0n) is 14.1. The standard InChI is InChI=1S/C16H28N4O3/c1-3-18(6-7-21)8-14-9-19(10-15(14)12-22)16(23)11-20-5-4-13(2)17-20/h4-5,14-15,21-22H,3,6-12H2,1-2H3/t14-,15-/m1/s1. The van der Waals surface area contributed by atoms with Gasteiger partial charge in [-0.05, 0) is 25.5 Å². The Morgan fingerprint density at radius 1 is 1.39 bits per heavy atom. The number of carbonyl (C=O) groups is 1. The summed E-state index contributed by atoms with van der Waals surface area (Å²) in [5.74, 6) is 0.389. The molecule has 1 amide bonds. The van der Waals surface area contributed by atoms with Crippen LogP contribution >= 0.6 is 0 Å². The minimum absolute atomic E-state index is 0.0410. The molecule has 130 valence electrons. The predicted octanol–water partition coefficient (Wildman–Crippen LogP) is -0.427. The lowest BCUT2D eigenvalue weighted by atomic mass is 9.96. The highest BCUT2D eigenvalue weighted by atomic mass is 16.3. The fourth-order valence-electron chi connectivity index (χ4n) is 3.20. The quantitative estimate of drug-likeness (QED) is 0.678. The van der Waals surface area contributed by atoms with E-state index in [4.69, 9.17) is 5.11 Å². The fourth-order valence-corrected chi connectivity index (χ4v) is 3.20. The van der Waals surface area contributed by atoms with E-state index in [2.05, 4.69) is 16.9 Å². The summed E-state index contributed by atoms with van der Waals surface area (Å²) in [5, 5.41) is 23.0. The highest BCUT2D eigenvalue weighted by Crippen LogP contribution is 2.24. The third-order valence-corrected chi connectivity index (χ3v) is 4.59. The van der Waals surface area contributed by atoms with Crippen molar-refractivity contribution in [2.75, 3.05) is 45.9 Å². The van der Waals surface area contributed by atoms with Gasteiger partial charge in [-0.3, -0.25) is 9.48 Å². The Bertz CT molecular complexity index is 505. The number of hydrogen-bond donors (Lipinski definition) is 2. The molecule has 0 saturated carbocycles. The molecule has 23 heavy (non-hydrogen) atoms. The van der Waals surface area contributed by atoms with Crippen LogP contribution in [0.2, 0.25) is 0 Å². The molecule has 1 saturated heterocycles. The van der Waals surface area contributed by atoms with Crippen molar-refractivity contribution in [1.82, 2.24) is 19.6 Å². The van der Waals surface area contributed by atoms with Gasteiger partial charge in [-0.15, -0.1) is 0 Å². The Morgan fingerprint density at radius 2 is 2.13 bits per heavy atom. The van der Waals surface area contributed by atoms with E-state index in [-0.39, 0.29) is 37.5 Å². The van der Waals surface area contributed by atoms with Crippen LogP contribution < -0.4 is 0 Å². The molecule has 2 atom stereocenters. The van der Waals surface area contributed by atoms with E-state index in [1.54, 1.807) is 4.68 Å². The molecule has 0 unspecified atom stereocenters. The summed E-state index contributed by atoms with van der Waals surface area (Å²) in [5.41, 5.74) is 0.896. The van der Waals surface area contributed by atoms with Crippen LogP contribution in [-0.2, 0) is 11.3 Å². The summed E-state index contributed by atoms with van der Waals surface area (Å²) in [7, 11) is 0. The summed E-state index contributed by atoms with van der Waals surface area (Å²) in [6, 6.07) is 1.88. The number of aliphatic hydroxyl groups is 2. The van der Waals surface area contributed by atoms with E-state index in [0.717, 1.165) is 18.8 Å². The molecule has 2 rings (SSSR count). The molecule has 1 aliphatic rings. The van der Waals surface area contributed by atoms with Crippen molar-refractivity contribution >= 4 is 5.91 Å². The van der Waals surface area contributed by atoms with Crippen LogP contribution in [0, 0.1) is 18.8 Å². The molecule has 1 fully saturated rings. The van der Waals surface area contributed by atoms with Gasteiger partial charge in [-0.2, -0.15) is 5.10 Å². The van der Waals surface area contributed by atoms with Crippen molar-refractivity contribution in [3.05, 3.63) is 18.0 Å². The lowest BCUT2D eigenvalue weighted by Crippen LogP contribution is -2.36. The summed E-state index contributed by atoms with van der Waals surface area (Å²) in [6.45, 7) is 7.96. The molecular formula is C16H28N4O3. The largest absolute Gasteiger partial charge is 0.396 e. The molecule has 0 aliphatic carbocycles. The van der Waals surface area contributed by atoms with Gasteiger partial charge in [0.15, 0.2) is 0 Å². The molecule has 0 bridgehead atoms. The third-order valence-electron chi connectivity index (χ3n) is 4.59. The first kappa shape index (κ1) is 17.9. The highest BCUT2D eigenvalue weighted by Gasteiger charge is 2.35. The Hall–Kier alpha value is -1.44. The normalized spacial score (nSPS) is 21.3. The first-order valence-corrected chi connectivity index (χ1v) is 8.29. The number of aromatic nitrogens is 2. The average Bonchev–Trinajstić information content (AvgIpc) is 3.12. The molecular weight excluding hydrogens is 296 g/mol. The number of likely N-dealkylation sites (N-methyl/N-ethyl adjacent to an activating group) is 1. The van der Waals surface area contributed by atoms with Gasteiger partial charge in [-0.1, -0.05) is 6.92 Å². The van der Waals surface area contributed by atoms with Gasteiger partial charge in [0.05, 0.1) is 12.3 Å². The molecule has 0 spiro atoms. The van der Waals surface area contributed by atoms with Crippen LogP contribution in [-0.4, -0.2) is 81.6 Å². The number of aryl methyl sites for hydroxylation is 1. The van der Waals surface area contributed by atoms with E-state index in [9.17, 15) is 9.90 Å². The number of amides is 1. The van der Waals surface area contributed by atoms with Crippen LogP contribution in [0.25, 0.3) is 0 Å². The average molecular weight is 324 g/mol. The maximum absolute atomic E-state index is 12.4. The summed E-state index contributed by atoms with van der Waals surface area (Å²) < 4.78 is 1.66. The van der Waals surface area contributed by atoms with Gasteiger partial charge < -0.3 is 20.0 Å². The molecule has 1 aromatic rings. The van der Waals surface area contributed by atoms with E-state index in [1.807, 2.05) is 24.1 Å². The Morgan fingerprint density at radius 3 is 2.70 bits per heavy atom. The Labute approximate surface area is 137 Å². The number of carbonyl (C=O) groups excluding carboxylic acids is 1. The van der Waals surface area contributed by atoms with Gasteiger partial charge in [0.1, 0.15) is 6.54 Å². The topological polar surface area (TPSA) is 81.8 Å². The van der Waals surface area contributed by atoms with Gasteiger partial charge >= 0.3 is 0 Å². The third kappa shape index (κ3) is 4.76. The predicted molar refractivity (Wildman–Crippen MR) is 86.8 cm³/mol. The van der Waals surface area contributed by atoms with Crippen molar-refractivity contribution in [3.8, 4) is 0 Å². The Kier molecular flexibility index (Phi) is 6.56. The second-order valence-corrected chi connectivity index (χ2v) is 6.27. The van der Waals surface area contributed by atoms with Crippen molar-refractivity contribution in [2.45, 2.75) is 20.4 Å². The van der Waals surface area contributed by atoms with E-state index >= 15 is 0 Å². The molecule has 0 aromatic carbocycles. The Balaban J connectivity index is 1.93. The lowest BCUT2D eigenvalue weighted by molar-refractivity contribution is -0.131. The van der Waals surface area contributed by atoms with Gasteiger partial charge in [0, 0.05) is 44.9 Å². The van der Waals surface area contributed by atoms with Crippen LogP contribution in [0.15, 0.2) is 12.3 Å². The molecule has 7 nitrogen and oxygen atoms in total. The molecule has 0 radical (unpaired) electrons. The molecule has 2 N–H and O–H groups in total. The monoisotopic (exact) mass is 324 g/mol. The lowest BCUT2D eigenvalue weighted by Gasteiger charge is -2.25. The zero-order valence-corrected chi connectivity index (χ0v) is 14.1. The number of nitrogens with zero attached hydrogens (tertiary/aromatic N) is 4. The van der Waals surface area contributed by atoms with Crippen LogP contribution in [0.1, 0.15) is 12.6 Å². The minimum atomic E-state index is 0.0410. The summed E-state index contributed by atoms with van der Waals surface area (Å²) in [4.78, 5) is 16.4. The van der Waals surface area contributed by atoms with E-state index in [0.29, 0.717) is 19.6 Å². The second kappa shape index (κ2) is 8.42. The van der Waals surface area contributed by atoms with Crippen LogP contribution in [0.4, 0.5) is 0 Å². The number of hydrogen-bond acceptors (Lipinski definition) is 5.